The number of hydrogen-bond acceptors (Lipinski definition) is 3. The SMILES string of the molecule is CCN(CC)CCN(CC(C)C)C(=O)OCC(F)(F)F. The van der Waals surface area contributed by atoms with Gasteiger partial charge in [0.1, 0.15) is 0 Å². The topological polar surface area (TPSA) is 32.8 Å². The lowest BCUT2D eigenvalue weighted by Gasteiger charge is -2.27. The van der Waals surface area contributed by atoms with Crippen LogP contribution in [0.4, 0.5) is 18.0 Å². The summed E-state index contributed by atoms with van der Waals surface area (Å²) in [6.07, 6.45) is -5.39. The third-order valence-electron chi connectivity index (χ3n) is 2.78. The van der Waals surface area contributed by atoms with Crippen molar-refractivity contribution in [2.75, 3.05) is 39.3 Å². The van der Waals surface area contributed by atoms with E-state index < -0.39 is 18.9 Å². The highest BCUT2D eigenvalue weighted by Gasteiger charge is 2.30. The first-order valence-electron chi connectivity index (χ1n) is 6.90. The van der Waals surface area contributed by atoms with Crippen LogP contribution >= 0.6 is 0 Å². The molecule has 0 N–H and O–H groups in total. The predicted octanol–water partition coefficient (Wildman–Crippen LogP) is 2.99. The first-order chi connectivity index (χ1) is 9.19. The van der Waals surface area contributed by atoms with Crippen molar-refractivity contribution in [1.82, 2.24) is 9.80 Å². The van der Waals surface area contributed by atoms with E-state index in [-0.39, 0.29) is 5.92 Å². The molecule has 0 aliphatic rings. The highest BCUT2D eigenvalue weighted by molar-refractivity contribution is 5.67. The molecule has 0 bridgehead atoms. The minimum atomic E-state index is -4.49. The predicted molar refractivity (Wildman–Crippen MR) is 71.6 cm³/mol. The van der Waals surface area contributed by atoms with Crippen LogP contribution in [0.15, 0.2) is 0 Å². The van der Waals surface area contributed by atoms with E-state index >= 15 is 0 Å². The summed E-state index contributed by atoms with van der Waals surface area (Å²) in [6.45, 7) is 9.33. The van der Waals surface area contributed by atoms with Gasteiger partial charge in [0, 0.05) is 19.6 Å². The normalized spacial score (nSPS) is 12.1. The fraction of sp³-hybridized carbons (Fsp3) is 0.923. The molecule has 7 heteroatoms. The van der Waals surface area contributed by atoms with Gasteiger partial charge in [0.15, 0.2) is 6.61 Å². The molecule has 0 saturated heterocycles. The number of hydrogen-bond donors (Lipinski definition) is 0. The fourth-order valence-electron chi connectivity index (χ4n) is 1.73. The van der Waals surface area contributed by atoms with Gasteiger partial charge >= 0.3 is 12.3 Å². The largest absolute Gasteiger partial charge is 0.440 e. The number of likely N-dealkylation sites (N-methyl/N-ethyl adjacent to an activating group) is 1. The van der Waals surface area contributed by atoms with Crippen LogP contribution in [0.25, 0.3) is 0 Å². The van der Waals surface area contributed by atoms with Crippen LogP contribution in [0, 0.1) is 5.92 Å². The maximum Gasteiger partial charge on any atom is 0.422 e. The van der Waals surface area contributed by atoms with E-state index in [2.05, 4.69) is 9.64 Å². The summed E-state index contributed by atoms with van der Waals surface area (Å²) >= 11 is 0. The van der Waals surface area contributed by atoms with E-state index in [1.165, 1.54) is 4.90 Å². The van der Waals surface area contributed by atoms with Crippen molar-refractivity contribution < 1.29 is 22.7 Å². The molecular weight excluding hydrogens is 273 g/mol. The second kappa shape index (κ2) is 9.05. The first-order valence-corrected chi connectivity index (χ1v) is 6.90. The highest BCUT2D eigenvalue weighted by Crippen LogP contribution is 2.15. The molecule has 0 aromatic heterocycles. The van der Waals surface area contributed by atoms with Crippen molar-refractivity contribution in [2.24, 2.45) is 5.92 Å². The molecule has 1 amide bonds. The Morgan fingerprint density at radius 3 is 2.10 bits per heavy atom. The molecule has 20 heavy (non-hydrogen) atoms. The number of amides is 1. The molecule has 0 aliphatic carbocycles. The lowest BCUT2D eigenvalue weighted by molar-refractivity contribution is -0.162. The van der Waals surface area contributed by atoms with E-state index in [1.54, 1.807) is 0 Å². The molecule has 0 spiro atoms. The van der Waals surface area contributed by atoms with Gasteiger partial charge in [-0.1, -0.05) is 27.7 Å². The molecular formula is C13H25F3N2O2. The lowest BCUT2D eigenvalue weighted by Crippen LogP contribution is -2.41. The molecule has 0 fully saturated rings. The number of nitrogens with zero attached hydrogens (tertiary/aromatic N) is 2. The Morgan fingerprint density at radius 2 is 1.70 bits per heavy atom. The molecule has 0 aliphatic heterocycles. The van der Waals surface area contributed by atoms with Gasteiger partial charge in [-0.15, -0.1) is 0 Å². The summed E-state index contributed by atoms with van der Waals surface area (Å²) < 4.78 is 40.5. The zero-order valence-electron chi connectivity index (χ0n) is 12.7. The molecule has 0 aromatic rings. The van der Waals surface area contributed by atoms with Gasteiger partial charge in [0.05, 0.1) is 0 Å². The van der Waals surface area contributed by atoms with Gasteiger partial charge in [-0.2, -0.15) is 13.2 Å². The zero-order valence-corrected chi connectivity index (χ0v) is 12.7. The van der Waals surface area contributed by atoms with Crippen LogP contribution in [0.2, 0.25) is 0 Å². The molecule has 0 aromatic carbocycles. The van der Waals surface area contributed by atoms with Crippen molar-refractivity contribution >= 4 is 6.09 Å². The maximum absolute atomic E-state index is 12.1. The average Bonchev–Trinajstić information content (AvgIpc) is 2.34. The van der Waals surface area contributed by atoms with E-state index in [0.717, 1.165) is 13.1 Å². The van der Waals surface area contributed by atoms with Crippen molar-refractivity contribution in [3.63, 3.8) is 0 Å². The van der Waals surface area contributed by atoms with Crippen LogP contribution in [0.1, 0.15) is 27.7 Å². The lowest BCUT2D eigenvalue weighted by atomic mass is 10.2. The van der Waals surface area contributed by atoms with Crippen molar-refractivity contribution in [3.8, 4) is 0 Å². The van der Waals surface area contributed by atoms with Crippen molar-refractivity contribution in [3.05, 3.63) is 0 Å². The third kappa shape index (κ3) is 9.01. The van der Waals surface area contributed by atoms with Gasteiger partial charge in [0.25, 0.3) is 0 Å². The Labute approximate surface area is 118 Å². The van der Waals surface area contributed by atoms with E-state index in [1.807, 2.05) is 27.7 Å². The van der Waals surface area contributed by atoms with Gasteiger partial charge < -0.3 is 14.5 Å². The van der Waals surface area contributed by atoms with Crippen LogP contribution in [0.5, 0.6) is 0 Å². The van der Waals surface area contributed by atoms with Gasteiger partial charge in [-0.3, -0.25) is 0 Å². The summed E-state index contributed by atoms with van der Waals surface area (Å²) in [6, 6.07) is 0. The molecule has 0 radical (unpaired) electrons. The van der Waals surface area contributed by atoms with E-state index in [0.29, 0.717) is 19.6 Å². The second-order valence-electron chi connectivity index (χ2n) is 5.04. The third-order valence-corrected chi connectivity index (χ3v) is 2.78. The highest BCUT2D eigenvalue weighted by atomic mass is 19.4. The molecule has 0 saturated carbocycles. The Kier molecular flexibility index (Phi) is 8.60. The monoisotopic (exact) mass is 298 g/mol. The van der Waals surface area contributed by atoms with Gasteiger partial charge in [-0.05, 0) is 19.0 Å². The number of alkyl halides is 3. The zero-order chi connectivity index (χ0) is 15.8. The summed E-state index contributed by atoms with van der Waals surface area (Å²) in [5.41, 5.74) is 0. The van der Waals surface area contributed by atoms with Gasteiger partial charge in [0.2, 0.25) is 0 Å². The minimum Gasteiger partial charge on any atom is -0.440 e. The number of carbonyl (C=O) groups is 1. The standard InChI is InChI=1S/C13H25F3N2O2/c1-5-17(6-2)7-8-18(9-11(3)4)12(19)20-10-13(14,15)16/h11H,5-10H2,1-4H3. The van der Waals surface area contributed by atoms with Crippen molar-refractivity contribution in [2.45, 2.75) is 33.9 Å². The summed E-state index contributed by atoms with van der Waals surface area (Å²) in [5, 5.41) is 0. The van der Waals surface area contributed by atoms with Crippen LogP contribution in [-0.2, 0) is 4.74 Å². The van der Waals surface area contributed by atoms with Crippen LogP contribution in [0.3, 0.4) is 0 Å². The molecule has 0 heterocycles. The van der Waals surface area contributed by atoms with Gasteiger partial charge in [-0.25, -0.2) is 4.79 Å². The van der Waals surface area contributed by atoms with E-state index in [9.17, 15) is 18.0 Å². The fourth-order valence-corrected chi connectivity index (χ4v) is 1.73. The molecule has 0 atom stereocenters. The summed E-state index contributed by atoms with van der Waals surface area (Å²) in [5.74, 6) is 0.171. The van der Waals surface area contributed by atoms with Crippen LogP contribution < -0.4 is 0 Å². The first kappa shape index (κ1) is 19.0. The maximum atomic E-state index is 12.1. The minimum absolute atomic E-state index is 0.171. The van der Waals surface area contributed by atoms with Crippen LogP contribution in [-0.4, -0.2) is 61.4 Å². The number of rotatable bonds is 8. The Hall–Kier alpha value is -0.980. The van der Waals surface area contributed by atoms with E-state index in [4.69, 9.17) is 0 Å². The average molecular weight is 298 g/mol. The molecule has 0 unspecified atom stereocenters. The number of ether oxygens (including phenoxy) is 1. The second-order valence-corrected chi connectivity index (χ2v) is 5.04. The summed E-state index contributed by atoms with van der Waals surface area (Å²) in [4.78, 5) is 15.1. The molecule has 120 valence electrons. The summed E-state index contributed by atoms with van der Waals surface area (Å²) in [7, 11) is 0. The number of halogens is 3. The number of carbonyl (C=O) groups excluding carboxylic acids is 1. The van der Waals surface area contributed by atoms with Crippen molar-refractivity contribution in [1.29, 1.82) is 0 Å². The quantitative estimate of drug-likeness (QED) is 0.690. The molecule has 4 nitrogen and oxygen atoms in total. The Morgan fingerprint density at radius 1 is 1.15 bits per heavy atom. The molecule has 0 rings (SSSR count). The smallest absolute Gasteiger partial charge is 0.422 e. The Bertz CT molecular complexity index is 279. The Balaban J connectivity index is 4.42.